The van der Waals surface area contributed by atoms with Crippen molar-refractivity contribution in [3.8, 4) is 0 Å². The van der Waals surface area contributed by atoms with Crippen LogP contribution in [0.1, 0.15) is 182 Å². The number of halogens is 1. The summed E-state index contributed by atoms with van der Waals surface area (Å²) in [5.41, 5.74) is 4.33. The van der Waals surface area contributed by atoms with Gasteiger partial charge in [-0.15, -0.1) is 0 Å². The van der Waals surface area contributed by atoms with Crippen molar-refractivity contribution in [2.24, 2.45) is 0 Å². The molecular weight excluding hydrogens is 426 g/mol. The number of rotatable bonds is 26. The molecule has 0 aromatic rings. The highest BCUT2D eigenvalue weighted by molar-refractivity contribution is 4.76. The number of hydrogen-bond donors (Lipinski definition) is 1. The smallest absolute Gasteiger partial charge is 0.189 e. The maximum atomic E-state index is 6.53. The predicted molar refractivity (Wildman–Crippen MR) is 144 cm³/mol. The van der Waals surface area contributed by atoms with E-state index in [1.54, 1.807) is 0 Å². The summed E-state index contributed by atoms with van der Waals surface area (Å²) >= 11 is 0. The van der Waals surface area contributed by atoms with Crippen LogP contribution in [0.2, 0.25) is 0 Å². The van der Waals surface area contributed by atoms with Crippen molar-refractivity contribution in [1.82, 2.24) is 0 Å². The van der Waals surface area contributed by atoms with E-state index in [-0.39, 0.29) is 24.2 Å². The molecule has 0 saturated heterocycles. The fourth-order valence-corrected chi connectivity index (χ4v) is 5.00. The highest BCUT2D eigenvalue weighted by atomic mass is 35.5. The second kappa shape index (κ2) is 26.8. The van der Waals surface area contributed by atoms with Crippen LogP contribution in [0, 0.1) is 0 Å². The van der Waals surface area contributed by atoms with Crippen LogP contribution in [0.25, 0.3) is 0 Å². The van der Waals surface area contributed by atoms with Crippen molar-refractivity contribution in [2.75, 3.05) is 0 Å². The fourth-order valence-electron chi connectivity index (χ4n) is 5.00. The minimum Gasteiger partial charge on any atom is -1.00 e. The summed E-state index contributed by atoms with van der Waals surface area (Å²) in [6, 6.07) is 0. The highest BCUT2D eigenvalue weighted by Gasteiger charge is 2.27. The summed E-state index contributed by atoms with van der Waals surface area (Å²) in [5.74, 6) is 0. The van der Waals surface area contributed by atoms with Crippen LogP contribution in [-0.2, 0) is 4.74 Å². The first kappa shape index (κ1) is 35.4. The summed E-state index contributed by atoms with van der Waals surface area (Å²) in [5, 5.41) is 0. The Labute approximate surface area is 216 Å². The third-order valence-corrected chi connectivity index (χ3v) is 7.18. The van der Waals surface area contributed by atoms with Crippen molar-refractivity contribution < 1.29 is 22.9 Å². The SMILES string of the molecule is CCCCCCCCCCCCC(C)(CCCCCCCCCCCC)OC([NH3+])CCC.[Cl-]. The molecule has 0 heterocycles. The highest BCUT2D eigenvalue weighted by Crippen LogP contribution is 2.28. The second-order valence-electron chi connectivity index (χ2n) is 10.8. The lowest BCUT2D eigenvalue weighted by Gasteiger charge is -2.32. The van der Waals surface area contributed by atoms with Gasteiger partial charge in [0.15, 0.2) is 6.23 Å². The minimum atomic E-state index is 0. The van der Waals surface area contributed by atoms with E-state index in [1.165, 1.54) is 148 Å². The van der Waals surface area contributed by atoms with Crippen molar-refractivity contribution in [1.29, 1.82) is 0 Å². The van der Waals surface area contributed by atoms with Gasteiger partial charge in [0.05, 0.1) is 5.60 Å². The lowest BCUT2D eigenvalue weighted by molar-refractivity contribution is -0.506. The molecule has 1 unspecified atom stereocenters. The van der Waals surface area contributed by atoms with Gasteiger partial charge < -0.3 is 22.9 Å². The molecule has 0 saturated carbocycles. The molecule has 0 amide bonds. The van der Waals surface area contributed by atoms with Gasteiger partial charge >= 0.3 is 0 Å². The Balaban J connectivity index is 0. The first-order valence-corrected chi connectivity index (χ1v) is 15.1. The molecule has 0 bridgehead atoms. The van der Waals surface area contributed by atoms with Crippen LogP contribution in [0.4, 0.5) is 0 Å². The molecule has 33 heavy (non-hydrogen) atoms. The molecule has 0 rings (SSSR count). The van der Waals surface area contributed by atoms with Crippen molar-refractivity contribution in [3.05, 3.63) is 0 Å². The largest absolute Gasteiger partial charge is 1.00 e. The summed E-state index contributed by atoms with van der Waals surface area (Å²) in [6.07, 6.45) is 33.0. The molecule has 0 aliphatic carbocycles. The van der Waals surface area contributed by atoms with E-state index in [2.05, 4.69) is 33.4 Å². The molecule has 3 N–H and O–H groups in total. The van der Waals surface area contributed by atoms with Crippen molar-refractivity contribution in [3.63, 3.8) is 0 Å². The van der Waals surface area contributed by atoms with Gasteiger partial charge in [-0.2, -0.15) is 0 Å². The Hall–Kier alpha value is 0.210. The maximum Gasteiger partial charge on any atom is 0.189 e. The van der Waals surface area contributed by atoms with E-state index >= 15 is 0 Å². The van der Waals surface area contributed by atoms with Crippen LogP contribution in [-0.4, -0.2) is 11.8 Å². The molecule has 1 atom stereocenters. The van der Waals surface area contributed by atoms with Gasteiger partial charge in [0.2, 0.25) is 0 Å². The van der Waals surface area contributed by atoms with Gasteiger partial charge in [0.1, 0.15) is 0 Å². The topological polar surface area (TPSA) is 36.9 Å². The Bertz CT molecular complexity index is 339. The lowest BCUT2D eigenvalue weighted by atomic mass is 9.90. The number of hydrogen-bond acceptors (Lipinski definition) is 1. The zero-order chi connectivity index (χ0) is 23.8. The van der Waals surface area contributed by atoms with E-state index in [9.17, 15) is 0 Å². The molecule has 0 aromatic heterocycles. The zero-order valence-corrected chi connectivity index (χ0v) is 24.3. The van der Waals surface area contributed by atoms with Crippen molar-refractivity contribution >= 4 is 0 Å². The number of unbranched alkanes of at least 4 members (excludes halogenated alkanes) is 18. The number of ether oxygens (including phenoxy) is 1. The summed E-state index contributed by atoms with van der Waals surface area (Å²) < 4.78 is 6.53. The first-order valence-electron chi connectivity index (χ1n) is 15.1. The molecule has 2 nitrogen and oxygen atoms in total. The monoisotopic (exact) mass is 489 g/mol. The molecule has 202 valence electrons. The Morgan fingerprint density at radius 3 is 1.12 bits per heavy atom. The lowest BCUT2D eigenvalue weighted by Crippen LogP contribution is -3.00. The van der Waals surface area contributed by atoms with Crippen LogP contribution in [0.15, 0.2) is 0 Å². The van der Waals surface area contributed by atoms with Gasteiger partial charge in [-0.05, 0) is 26.2 Å². The minimum absolute atomic E-state index is 0. The molecular formula is C30H64ClNO. The molecule has 0 aromatic carbocycles. The molecule has 0 radical (unpaired) electrons. The average Bonchev–Trinajstić information content (AvgIpc) is 2.76. The zero-order valence-electron chi connectivity index (χ0n) is 23.5. The third-order valence-electron chi connectivity index (χ3n) is 7.18. The van der Waals surface area contributed by atoms with Gasteiger partial charge in [0, 0.05) is 6.42 Å². The molecule has 0 aliphatic rings. The van der Waals surface area contributed by atoms with E-state index in [4.69, 9.17) is 4.74 Å². The average molecular weight is 490 g/mol. The number of quaternary nitrogens is 1. The predicted octanol–water partition coefficient (Wildman–Crippen LogP) is 6.76. The van der Waals surface area contributed by atoms with Gasteiger partial charge in [-0.1, -0.05) is 149 Å². The van der Waals surface area contributed by atoms with Gasteiger partial charge in [0.25, 0.3) is 0 Å². The van der Waals surface area contributed by atoms with Crippen LogP contribution in [0.5, 0.6) is 0 Å². The maximum absolute atomic E-state index is 6.53. The Morgan fingerprint density at radius 2 is 0.818 bits per heavy atom. The quantitative estimate of drug-likeness (QED) is 0.106. The van der Waals surface area contributed by atoms with E-state index in [0.717, 1.165) is 6.42 Å². The van der Waals surface area contributed by atoms with E-state index in [0.29, 0.717) is 0 Å². The standard InChI is InChI=1S/C30H63NO.ClH/c1-5-8-10-12-14-16-18-20-22-24-27-30(4,32-29(31)26-7-3)28-25-23-21-19-17-15-13-11-9-6-2;/h29H,5-28,31H2,1-4H3;1H. The van der Waals surface area contributed by atoms with E-state index < -0.39 is 0 Å². The normalized spacial score (nSPS) is 12.6. The molecule has 0 spiro atoms. The third kappa shape index (κ3) is 25.1. The molecule has 3 heteroatoms. The van der Waals surface area contributed by atoms with Crippen LogP contribution in [0.3, 0.4) is 0 Å². The summed E-state index contributed by atoms with van der Waals surface area (Å²) in [4.78, 5) is 0. The molecule has 0 fully saturated rings. The van der Waals surface area contributed by atoms with E-state index in [1.807, 2.05) is 0 Å². The van der Waals surface area contributed by atoms with Crippen LogP contribution < -0.4 is 18.1 Å². The summed E-state index contributed by atoms with van der Waals surface area (Å²) in [7, 11) is 0. The van der Waals surface area contributed by atoms with Gasteiger partial charge in [-0.25, -0.2) is 0 Å². The Kier molecular flexibility index (Phi) is 28.7. The van der Waals surface area contributed by atoms with Crippen LogP contribution >= 0.6 is 0 Å². The summed E-state index contributed by atoms with van der Waals surface area (Å²) in [6.45, 7) is 9.21. The first-order chi connectivity index (χ1) is 15.6. The second-order valence-corrected chi connectivity index (χ2v) is 10.8. The van der Waals surface area contributed by atoms with Gasteiger partial charge in [-0.3, -0.25) is 0 Å². The molecule has 0 aliphatic heterocycles. The Morgan fingerprint density at radius 1 is 0.515 bits per heavy atom. The van der Waals surface area contributed by atoms with Crippen molar-refractivity contribution in [2.45, 2.75) is 194 Å². The fraction of sp³-hybridized carbons (Fsp3) is 1.00.